The average Bonchev–Trinajstić information content (AvgIpc) is 2.80. The normalized spacial score (nSPS) is 16.7. The number of carbonyl (C=O) groups is 1. The van der Waals surface area contributed by atoms with E-state index in [1.165, 1.54) is 6.07 Å². The highest BCUT2D eigenvalue weighted by atomic mass is 19.1. The van der Waals surface area contributed by atoms with E-state index in [0.717, 1.165) is 42.8 Å². The summed E-state index contributed by atoms with van der Waals surface area (Å²) in [5.41, 5.74) is 9.45. The van der Waals surface area contributed by atoms with Crippen LogP contribution in [0.4, 0.5) is 10.3 Å². The minimum Gasteiger partial charge on any atom is -0.366 e. The third-order valence-corrected chi connectivity index (χ3v) is 5.93. The maximum atomic E-state index is 14.2. The molecule has 1 fully saturated rings. The summed E-state index contributed by atoms with van der Waals surface area (Å²) in [5, 5.41) is 0. The molecule has 3 aromatic rings. The molecular formula is C25H28FN5O. The second-order valence-electron chi connectivity index (χ2n) is 8.47. The number of benzene rings is 2. The Morgan fingerprint density at radius 1 is 1.19 bits per heavy atom. The van der Waals surface area contributed by atoms with Crippen molar-refractivity contribution < 1.29 is 9.18 Å². The van der Waals surface area contributed by atoms with Crippen LogP contribution in [0.3, 0.4) is 0 Å². The summed E-state index contributed by atoms with van der Waals surface area (Å²) in [5.74, 6) is 0.237. The lowest BCUT2D eigenvalue weighted by Gasteiger charge is -2.33. The number of rotatable bonds is 6. The number of nitrogens with zero attached hydrogens (tertiary/aromatic N) is 4. The number of amides is 1. The highest BCUT2D eigenvalue weighted by Crippen LogP contribution is 2.34. The fourth-order valence-electron chi connectivity index (χ4n) is 4.24. The van der Waals surface area contributed by atoms with Crippen molar-refractivity contribution in [3.8, 4) is 11.1 Å². The Morgan fingerprint density at radius 3 is 2.62 bits per heavy atom. The number of anilines is 1. The molecule has 1 aliphatic heterocycles. The van der Waals surface area contributed by atoms with Crippen molar-refractivity contribution in [2.45, 2.75) is 25.3 Å². The van der Waals surface area contributed by atoms with Crippen molar-refractivity contribution in [1.82, 2.24) is 14.9 Å². The Morgan fingerprint density at radius 2 is 1.94 bits per heavy atom. The Kier molecular flexibility index (Phi) is 6.46. The van der Waals surface area contributed by atoms with Gasteiger partial charge in [0.15, 0.2) is 0 Å². The van der Waals surface area contributed by atoms with Crippen LogP contribution < -0.4 is 10.6 Å². The quantitative estimate of drug-likeness (QED) is 0.640. The van der Waals surface area contributed by atoms with Gasteiger partial charge in [-0.1, -0.05) is 30.3 Å². The van der Waals surface area contributed by atoms with E-state index < -0.39 is 5.91 Å². The molecule has 1 atom stereocenters. The molecular weight excluding hydrogens is 405 g/mol. The highest BCUT2D eigenvalue weighted by molar-refractivity contribution is 5.93. The first-order valence-corrected chi connectivity index (χ1v) is 10.8. The minimum absolute atomic E-state index is 0.165. The Balaban J connectivity index is 1.65. The first-order chi connectivity index (χ1) is 15.4. The second kappa shape index (κ2) is 9.44. The fourth-order valence-corrected chi connectivity index (χ4v) is 4.24. The standard InChI is InChI=1S/C25H28FN5O/c1-30(2)25-28-14-21(17-9-11-18(12-10-17)24(27)32)23(29-25)20-7-5-13-31(16-20)15-19-6-3-4-8-22(19)26/h3-4,6,8-12,14,20H,5,7,13,15-16H2,1-2H3,(H2,27,32)/t20-/m0/s1. The Bertz CT molecular complexity index is 1100. The van der Waals surface area contributed by atoms with Gasteiger partial charge in [0, 0.05) is 56.0 Å². The number of hydrogen-bond acceptors (Lipinski definition) is 5. The van der Waals surface area contributed by atoms with Crippen molar-refractivity contribution >= 4 is 11.9 Å². The molecule has 2 aromatic carbocycles. The zero-order chi connectivity index (χ0) is 22.7. The summed E-state index contributed by atoms with van der Waals surface area (Å²) < 4.78 is 14.2. The lowest BCUT2D eigenvalue weighted by molar-refractivity contribution is 0.100. The molecule has 1 aromatic heterocycles. The SMILES string of the molecule is CN(C)c1ncc(-c2ccc(C(N)=O)cc2)c([C@H]2CCCN(Cc3ccccc3F)C2)n1. The van der Waals surface area contributed by atoms with Gasteiger partial charge in [-0.05, 0) is 43.1 Å². The Labute approximate surface area is 187 Å². The molecule has 7 heteroatoms. The van der Waals surface area contributed by atoms with Gasteiger partial charge < -0.3 is 10.6 Å². The number of piperidine rings is 1. The Hall–Kier alpha value is -3.32. The van der Waals surface area contributed by atoms with Gasteiger partial charge in [-0.25, -0.2) is 14.4 Å². The molecule has 0 aliphatic carbocycles. The molecule has 1 saturated heterocycles. The second-order valence-corrected chi connectivity index (χ2v) is 8.47. The van der Waals surface area contributed by atoms with Gasteiger partial charge in [0.25, 0.3) is 0 Å². The van der Waals surface area contributed by atoms with Crippen LogP contribution >= 0.6 is 0 Å². The zero-order valence-corrected chi connectivity index (χ0v) is 18.5. The van der Waals surface area contributed by atoms with Crippen LogP contribution in [0.5, 0.6) is 0 Å². The van der Waals surface area contributed by atoms with Gasteiger partial charge in [0.1, 0.15) is 5.82 Å². The topological polar surface area (TPSA) is 75.4 Å². The molecule has 2 heterocycles. The highest BCUT2D eigenvalue weighted by Gasteiger charge is 2.26. The van der Waals surface area contributed by atoms with Gasteiger partial charge in [0.2, 0.25) is 11.9 Å². The van der Waals surface area contributed by atoms with Crippen LogP contribution in [-0.4, -0.2) is 48.0 Å². The van der Waals surface area contributed by atoms with E-state index in [9.17, 15) is 9.18 Å². The van der Waals surface area contributed by atoms with Gasteiger partial charge in [0.05, 0.1) is 5.69 Å². The molecule has 0 radical (unpaired) electrons. The van der Waals surface area contributed by atoms with Crippen molar-refractivity contribution in [1.29, 1.82) is 0 Å². The zero-order valence-electron chi connectivity index (χ0n) is 18.5. The number of nitrogens with two attached hydrogens (primary N) is 1. The molecule has 166 valence electrons. The van der Waals surface area contributed by atoms with E-state index in [2.05, 4.69) is 9.88 Å². The van der Waals surface area contributed by atoms with Gasteiger partial charge in [-0.2, -0.15) is 0 Å². The van der Waals surface area contributed by atoms with E-state index in [1.807, 2.05) is 49.5 Å². The maximum absolute atomic E-state index is 14.2. The van der Waals surface area contributed by atoms with E-state index >= 15 is 0 Å². The molecule has 0 unspecified atom stereocenters. The first-order valence-electron chi connectivity index (χ1n) is 10.8. The number of aromatic nitrogens is 2. The van der Waals surface area contributed by atoms with E-state index in [4.69, 9.17) is 10.7 Å². The number of primary amides is 1. The molecule has 4 rings (SSSR count). The van der Waals surface area contributed by atoms with Crippen LogP contribution in [0.15, 0.2) is 54.7 Å². The molecule has 0 bridgehead atoms. The van der Waals surface area contributed by atoms with Gasteiger partial charge >= 0.3 is 0 Å². The van der Waals surface area contributed by atoms with Crippen LogP contribution in [0, 0.1) is 5.82 Å². The van der Waals surface area contributed by atoms with Crippen LogP contribution in [0.2, 0.25) is 0 Å². The molecule has 1 amide bonds. The van der Waals surface area contributed by atoms with Crippen LogP contribution in [0.25, 0.3) is 11.1 Å². The number of likely N-dealkylation sites (tertiary alicyclic amines) is 1. The lowest BCUT2D eigenvalue weighted by Crippen LogP contribution is -2.34. The largest absolute Gasteiger partial charge is 0.366 e. The van der Waals surface area contributed by atoms with E-state index in [0.29, 0.717) is 23.6 Å². The molecule has 0 spiro atoms. The summed E-state index contributed by atoms with van der Waals surface area (Å²) in [6.07, 6.45) is 3.87. The lowest BCUT2D eigenvalue weighted by atomic mass is 9.89. The van der Waals surface area contributed by atoms with Gasteiger partial charge in [-0.3, -0.25) is 9.69 Å². The van der Waals surface area contributed by atoms with Crippen molar-refractivity contribution in [3.05, 3.63) is 77.4 Å². The third-order valence-electron chi connectivity index (χ3n) is 5.93. The van der Waals surface area contributed by atoms with Crippen LogP contribution in [-0.2, 0) is 6.54 Å². The smallest absolute Gasteiger partial charge is 0.248 e. The number of hydrogen-bond donors (Lipinski definition) is 1. The summed E-state index contributed by atoms with van der Waals surface area (Å²) in [4.78, 5) is 25.1. The molecule has 1 aliphatic rings. The van der Waals surface area contributed by atoms with Crippen molar-refractivity contribution in [2.24, 2.45) is 5.73 Å². The molecule has 32 heavy (non-hydrogen) atoms. The van der Waals surface area contributed by atoms with Crippen molar-refractivity contribution in [2.75, 3.05) is 32.1 Å². The van der Waals surface area contributed by atoms with E-state index in [-0.39, 0.29) is 11.7 Å². The fraction of sp³-hybridized carbons (Fsp3) is 0.320. The third kappa shape index (κ3) is 4.78. The number of carbonyl (C=O) groups excluding carboxylic acids is 1. The maximum Gasteiger partial charge on any atom is 0.248 e. The number of halogens is 1. The summed E-state index contributed by atoms with van der Waals surface area (Å²) in [6.45, 7) is 2.31. The summed E-state index contributed by atoms with van der Waals surface area (Å²) >= 11 is 0. The predicted molar refractivity (Wildman–Crippen MR) is 124 cm³/mol. The molecule has 0 saturated carbocycles. The van der Waals surface area contributed by atoms with Crippen molar-refractivity contribution in [3.63, 3.8) is 0 Å². The predicted octanol–water partition coefficient (Wildman–Crippen LogP) is 3.83. The summed E-state index contributed by atoms with van der Waals surface area (Å²) in [6, 6.07) is 14.2. The first kappa shape index (κ1) is 21.9. The monoisotopic (exact) mass is 433 g/mol. The molecule has 2 N–H and O–H groups in total. The van der Waals surface area contributed by atoms with Crippen LogP contribution in [0.1, 0.15) is 40.4 Å². The average molecular weight is 434 g/mol. The van der Waals surface area contributed by atoms with E-state index in [1.54, 1.807) is 18.2 Å². The molecule has 6 nitrogen and oxygen atoms in total. The van der Waals surface area contributed by atoms with Gasteiger partial charge in [-0.15, -0.1) is 0 Å². The minimum atomic E-state index is -0.452. The summed E-state index contributed by atoms with van der Waals surface area (Å²) in [7, 11) is 3.84.